The van der Waals surface area contributed by atoms with Gasteiger partial charge in [-0.05, 0) is 55.0 Å². The standard InChI is InChI=1S/C30H25ClF3N7OS2/c1-19-7-8-22(31)15-25(19)41-27(20-4-3-9-35-16-20)37-38-29(41)44-18-26-36-24(17-43-26)28(42)40-12-10-39(11-13-40)23-6-2-5-21(14-23)30(32,33)34/h2-9,14-17H,10-13,18H2,1H3. The Labute approximate surface area is 264 Å². The van der Waals surface area contributed by atoms with Gasteiger partial charge in [0.1, 0.15) is 10.7 Å². The largest absolute Gasteiger partial charge is 0.416 e. The van der Waals surface area contributed by atoms with Gasteiger partial charge in [-0.2, -0.15) is 13.2 Å². The van der Waals surface area contributed by atoms with Crippen molar-refractivity contribution < 1.29 is 18.0 Å². The van der Waals surface area contributed by atoms with Crippen LogP contribution in [0.25, 0.3) is 17.1 Å². The minimum absolute atomic E-state index is 0.197. The van der Waals surface area contributed by atoms with E-state index in [0.717, 1.165) is 34.0 Å². The highest BCUT2D eigenvalue weighted by atomic mass is 35.5. The van der Waals surface area contributed by atoms with E-state index in [1.54, 1.807) is 28.7 Å². The number of aromatic nitrogens is 5. The van der Waals surface area contributed by atoms with Gasteiger partial charge in [0.2, 0.25) is 0 Å². The predicted molar refractivity (Wildman–Crippen MR) is 166 cm³/mol. The van der Waals surface area contributed by atoms with Crippen molar-refractivity contribution in [2.75, 3.05) is 31.1 Å². The number of hydrogen-bond acceptors (Lipinski definition) is 8. The Bertz CT molecular complexity index is 1790. The summed E-state index contributed by atoms with van der Waals surface area (Å²) in [6.45, 7) is 3.62. The Hall–Kier alpha value is -3.94. The highest BCUT2D eigenvalue weighted by Gasteiger charge is 2.31. The Morgan fingerprint density at radius 1 is 1.05 bits per heavy atom. The molecule has 5 aromatic rings. The van der Waals surface area contributed by atoms with Crippen LogP contribution in [0.1, 0.15) is 26.6 Å². The SMILES string of the molecule is Cc1ccc(Cl)cc1-n1c(SCc2nc(C(=O)N3CCN(c4cccc(C(F)(F)F)c4)CC3)cs2)nnc1-c1cccnc1. The summed E-state index contributed by atoms with van der Waals surface area (Å²) >= 11 is 9.19. The zero-order valence-corrected chi connectivity index (χ0v) is 25.7. The van der Waals surface area contributed by atoms with Gasteiger partial charge in [0, 0.05) is 60.2 Å². The van der Waals surface area contributed by atoms with E-state index >= 15 is 0 Å². The van der Waals surface area contributed by atoms with Gasteiger partial charge in [-0.3, -0.25) is 14.3 Å². The summed E-state index contributed by atoms with van der Waals surface area (Å²) in [6.07, 6.45) is -0.977. The number of aryl methyl sites for hydroxylation is 1. The van der Waals surface area contributed by atoms with Crippen molar-refractivity contribution in [1.29, 1.82) is 0 Å². The van der Waals surface area contributed by atoms with E-state index < -0.39 is 11.7 Å². The van der Waals surface area contributed by atoms with Gasteiger partial charge in [0.15, 0.2) is 11.0 Å². The van der Waals surface area contributed by atoms with Gasteiger partial charge in [-0.25, -0.2) is 4.98 Å². The summed E-state index contributed by atoms with van der Waals surface area (Å²) in [4.78, 5) is 25.6. The lowest BCUT2D eigenvalue weighted by atomic mass is 10.1. The summed E-state index contributed by atoms with van der Waals surface area (Å²) in [5, 5.41) is 12.6. The number of carbonyl (C=O) groups excluding carboxylic acids is 1. The average Bonchev–Trinajstić information content (AvgIpc) is 3.68. The molecule has 0 unspecified atom stereocenters. The Kier molecular flexibility index (Phi) is 8.61. The average molecular weight is 656 g/mol. The molecule has 4 heterocycles. The van der Waals surface area contributed by atoms with E-state index in [2.05, 4.69) is 20.2 Å². The lowest BCUT2D eigenvalue weighted by Gasteiger charge is -2.36. The van der Waals surface area contributed by atoms with E-state index in [1.807, 2.05) is 46.7 Å². The second kappa shape index (κ2) is 12.6. The van der Waals surface area contributed by atoms with Crippen LogP contribution in [0, 0.1) is 6.92 Å². The topological polar surface area (TPSA) is 80.0 Å². The molecule has 1 amide bonds. The molecule has 226 valence electrons. The number of rotatable bonds is 7. The smallest absolute Gasteiger partial charge is 0.368 e. The third kappa shape index (κ3) is 6.44. The van der Waals surface area contributed by atoms with Crippen molar-refractivity contribution in [3.63, 3.8) is 0 Å². The number of hydrogen-bond donors (Lipinski definition) is 0. The molecule has 0 aliphatic carbocycles. The molecule has 0 N–H and O–H groups in total. The molecule has 3 aromatic heterocycles. The maximum Gasteiger partial charge on any atom is 0.416 e. The first-order chi connectivity index (χ1) is 21.2. The lowest BCUT2D eigenvalue weighted by molar-refractivity contribution is -0.137. The summed E-state index contributed by atoms with van der Waals surface area (Å²) in [6, 6.07) is 14.7. The van der Waals surface area contributed by atoms with Crippen molar-refractivity contribution in [2.45, 2.75) is 24.0 Å². The van der Waals surface area contributed by atoms with Crippen molar-refractivity contribution >= 4 is 46.3 Å². The summed E-state index contributed by atoms with van der Waals surface area (Å²) < 4.78 is 41.4. The molecule has 8 nitrogen and oxygen atoms in total. The molecule has 0 atom stereocenters. The number of pyridine rings is 1. The van der Waals surface area contributed by atoms with Crippen LogP contribution in [0.3, 0.4) is 0 Å². The van der Waals surface area contributed by atoms with Crippen LogP contribution >= 0.6 is 34.7 Å². The number of piperazine rings is 1. The van der Waals surface area contributed by atoms with Crippen molar-refractivity contribution in [3.05, 3.63) is 99.2 Å². The minimum atomic E-state index is -4.40. The molecule has 2 aromatic carbocycles. The van der Waals surface area contributed by atoms with Gasteiger partial charge in [0.05, 0.1) is 17.0 Å². The van der Waals surface area contributed by atoms with Crippen LogP contribution in [0.2, 0.25) is 5.02 Å². The fourth-order valence-electron chi connectivity index (χ4n) is 4.90. The van der Waals surface area contributed by atoms with Crippen LogP contribution in [-0.4, -0.2) is 61.7 Å². The second-order valence-corrected chi connectivity index (χ2v) is 12.4. The monoisotopic (exact) mass is 655 g/mol. The number of halogens is 4. The normalized spacial score (nSPS) is 13.8. The molecule has 1 fully saturated rings. The molecule has 1 saturated heterocycles. The number of thioether (sulfide) groups is 1. The fourth-order valence-corrected chi connectivity index (χ4v) is 6.79. The quantitative estimate of drug-likeness (QED) is 0.174. The molecular weight excluding hydrogens is 631 g/mol. The molecule has 6 rings (SSSR count). The molecule has 1 aliphatic heterocycles. The zero-order chi connectivity index (χ0) is 30.8. The maximum absolute atomic E-state index is 13.2. The first-order valence-corrected chi connectivity index (χ1v) is 15.8. The summed E-state index contributed by atoms with van der Waals surface area (Å²) in [5.41, 5.74) is 2.81. The highest BCUT2D eigenvalue weighted by molar-refractivity contribution is 7.98. The van der Waals surface area contributed by atoms with Gasteiger partial charge in [-0.15, -0.1) is 21.5 Å². The number of benzene rings is 2. The van der Waals surface area contributed by atoms with E-state index in [1.165, 1.54) is 29.2 Å². The van der Waals surface area contributed by atoms with Gasteiger partial charge in [0.25, 0.3) is 5.91 Å². The number of anilines is 1. The minimum Gasteiger partial charge on any atom is -0.368 e. The van der Waals surface area contributed by atoms with Gasteiger partial charge < -0.3 is 9.80 Å². The third-order valence-electron chi connectivity index (χ3n) is 7.17. The van der Waals surface area contributed by atoms with Crippen LogP contribution in [0.4, 0.5) is 18.9 Å². The lowest BCUT2D eigenvalue weighted by Crippen LogP contribution is -2.49. The summed E-state index contributed by atoms with van der Waals surface area (Å²) in [5.74, 6) is 0.898. The molecule has 44 heavy (non-hydrogen) atoms. The number of carbonyl (C=O) groups is 1. The van der Waals surface area contributed by atoms with Crippen LogP contribution in [0.15, 0.2) is 77.5 Å². The molecular formula is C30H25ClF3N7OS2. The second-order valence-electron chi connectivity index (χ2n) is 10.1. The fraction of sp³-hybridized carbons (Fsp3) is 0.233. The Morgan fingerprint density at radius 3 is 2.61 bits per heavy atom. The van der Waals surface area contributed by atoms with E-state index in [9.17, 15) is 18.0 Å². The molecule has 1 aliphatic rings. The first kappa shape index (κ1) is 30.1. The highest BCUT2D eigenvalue weighted by Crippen LogP contribution is 2.34. The number of amides is 1. The Balaban J connectivity index is 1.14. The van der Waals surface area contributed by atoms with Gasteiger partial charge in [-0.1, -0.05) is 35.5 Å². The third-order valence-corrected chi connectivity index (χ3v) is 9.37. The Morgan fingerprint density at radius 2 is 1.86 bits per heavy atom. The van der Waals surface area contributed by atoms with Crippen molar-refractivity contribution in [2.24, 2.45) is 0 Å². The molecule has 0 bridgehead atoms. The van der Waals surface area contributed by atoms with Crippen LogP contribution in [0.5, 0.6) is 0 Å². The number of nitrogens with zero attached hydrogens (tertiary/aromatic N) is 7. The zero-order valence-electron chi connectivity index (χ0n) is 23.3. The molecule has 0 spiro atoms. The molecule has 14 heteroatoms. The van der Waals surface area contributed by atoms with Crippen LogP contribution in [-0.2, 0) is 11.9 Å². The summed E-state index contributed by atoms with van der Waals surface area (Å²) in [7, 11) is 0. The first-order valence-electron chi connectivity index (χ1n) is 13.6. The van der Waals surface area contributed by atoms with Crippen LogP contribution < -0.4 is 4.90 Å². The van der Waals surface area contributed by atoms with Crippen molar-refractivity contribution in [3.8, 4) is 17.1 Å². The molecule has 0 radical (unpaired) electrons. The number of thiazole rings is 1. The van der Waals surface area contributed by atoms with E-state index in [4.69, 9.17) is 11.6 Å². The number of alkyl halides is 3. The van der Waals surface area contributed by atoms with Crippen molar-refractivity contribution in [1.82, 2.24) is 29.6 Å². The maximum atomic E-state index is 13.2. The predicted octanol–water partition coefficient (Wildman–Crippen LogP) is 7.02. The van der Waals surface area contributed by atoms with E-state index in [-0.39, 0.29) is 5.91 Å². The van der Waals surface area contributed by atoms with Gasteiger partial charge >= 0.3 is 6.18 Å². The molecule has 0 saturated carbocycles. The van der Waals surface area contributed by atoms with E-state index in [0.29, 0.717) is 59.3 Å².